The Morgan fingerprint density at radius 3 is 2.06 bits per heavy atom. The minimum Gasteiger partial charge on any atom is -0.344 e. The first kappa shape index (κ1) is 13.3. The standard InChI is InChI=1S/C13H23N3O2/c1-12(2)11(13(12,3)4)15-9(17)10(18)16-7-5-14-6-8-16/h11,14H,5-8H2,1-4H3,(H,15,17). The molecule has 2 amide bonds. The van der Waals surface area contributed by atoms with Crippen molar-refractivity contribution in [2.75, 3.05) is 26.2 Å². The van der Waals surface area contributed by atoms with Gasteiger partial charge in [-0.05, 0) is 10.8 Å². The zero-order valence-corrected chi connectivity index (χ0v) is 11.7. The van der Waals surface area contributed by atoms with Crippen molar-refractivity contribution in [2.45, 2.75) is 33.7 Å². The molecule has 0 atom stereocenters. The number of nitrogens with one attached hydrogen (secondary N) is 2. The van der Waals surface area contributed by atoms with E-state index >= 15 is 0 Å². The zero-order chi connectivity index (χ0) is 13.6. The van der Waals surface area contributed by atoms with Crippen molar-refractivity contribution in [1.29, 1.82) is 0 Å². The van der Waals surface area contributed by atoms with Crippen LogP contribution in [-0.2, 0) is 9.59 Å². The first-order valence-corrected chi connectivity index (χ1v) is 6.59. The van der Waals surface area contributed by atoms with Gasteiger partial charge < -0.3 is 15.5 Å². The summed E-state index contributed by atoms with van der Waals surface area (Å²) in [4.78, 5) is 25.5. The van der Waals surface area contributed by atoms with Gasteiger partial charge in [-0.3, -0.25) is 9.59 Å². The number of nitrogens with zero attached hydrogens (tertiary/aromatic N) is 1. The lowest BCUT2D eigenvalue weighted by Crippen LogP contribution is -2.52. The number of amides is 2. The van der Waals surface area contributed by atoms with E-state index in [9.17, 15) is 9.59 Å². The van der Waals surface area contributed by atoms with Crippen LogP contribution < -0.4 is 10.6 Å². The van der Waals surface area contributed by atoms with Crippen molar-refractivity contribution >= 4 is 11.8 Å². The third-order valence-electron chi connectivity index (χ3n) is 4.89. The van der Waals surface area contributed by atoms with Gasteiger partial charge in [-0.1, -0.05) is 27.7 Å². The summed E-state index contributed by atoms with van der Waals surface area (Å²) in [6, 6.07) is 0.0874. The second-order valence-corrected chi connectivity index (χ2v) is 6.39. The Labute approximate surface area is 108 Å². The lowest BCUT2D eigenvalue weighted by molar-refractivity contribution is -0.146. The van der Waals surface area contributed by atoms with E-state index in [0.29, 0.717) is 13.1 Å². The van der Waals surface area contributed by atoms with Gasteiger partial charge in [0.2, 0.25) is 0 Å². The molecule has 0 unspecified atom stereocenters. The van der Waals surface area contributed by atoms with Crippen LogP contribution in [0.3, 0.4) is 0 Å². The van der Waals surface area contributed by atoms with Crippen LogP contribution in [-0.4, -0.2) is 48.9 Å². The van der Waals surface area contributed by atoms with E-state index in [2.05, 4.69) is 38.3 Å². The van der Waals surface area contributed by atoms with Crippen molar-refractivity contribution in [2.24, 2.45) is 10.8 Å². The molecule has 1 heterocycles. The lowest BCUT2D eigenvalue weighted by atomic mass is 10.0. The van der Waals surface area contributed by atoms with Gasteiger partial charge in [0, 0.05) is 32.2 Å². The van der Waals surface area contributed by atoms with Crippen LogP contribution in [0.4, 0.5) is 0 Å². The van der Waals surface area contributed by atoms with E-state index in [1.54, 1.807) is 4.90 Å². The minimum absolute atomic E-state index is 0.0619. The minimum atomic E-state index is -0.458. The fourth-order valence-electron chi connectivity index (χ4n) is 2.76. The second-order valence-electron chi connectivity index (χ2n) is 6.39. The molecule has 0 bridgehead atoms. The SMILES string of the molecule is CC1(C)C(NC(=O)C(=O)N2CCNCC2)C1(C)C. The molecule has 5 nitrogen and oxygen atoms in total. The van der Waals surface area contributed by atoms with Gasteiger partial charge in [-0.25, -0.2) is 0 Å². The van der Waals surface area contributed by atoms with Gasteiger partial charge in [-0.2, -0.15) is 0 Å². The molecule has 2 fully saturated rings. The quantitative estimate of drug-likeness (QED) is 0.645. The Hall–Kier alpha value is -1.10. The molecule has 2 N–H and O–H groups in total. The molecule has 0 spiro atoms. The predicted molar refractivity (Wildman–Crippen MR) is 68.9 cm³/mol. The van der Waals surface area contributed by atoms with Gasteiger partial charge in [0.25, 0.3) is 0 Å². The van der Waals surface area contributed by atoms with Crippen molar-refractivity contribution in [3.63, 3.8) is 0 Å². The van der Waals surface area contributed by atoms with Gasteiger partial charge >= 0.3 is 11.8 Å². The van der Waals surface area contributed by atoms with Gasteiger partial charge in [0.15, 0.2) is 0 Å². The summed E-state index contributed by atoms with van der Waals surface area (Å²) >= 11 is 0. The Morgan fingerprint density at radius 2 is 1.61 bits per heavy atom. The summed E-state index contributed by atoms with van der Waals surface area (Å²) in [6.07, 6.45) is 0. The maximum Gasteiger partial charge on any atom is 0.311 e. The molecular weight excluding hydrogens is 230 g/mol. The first-order valence-electron chi connectivity index (χ1n) is 6.59. The smallest absolute Gasteiger partial charge is 0.311 e. The van der Waals surface area contributed by atoms with Crippen molar-refractivity contribution in [3.8, 4) is 0 Å². The normalized spacial score (nSPS) is 25.7. The van der Waals surface area contributed by atoms with Gasteiger partial charge in [0.05, 0.1) is 0 Å². The van der Waals surface area contributed by atoms with Crippen LogP contribution in [0.5, 0.6) is 0 Å². The summed E-state index contributed by atoms with van der Waals surface area (Å²) in [5.41, 5.74) is 0.124. The molecule has 1 aliphatic heterocycles. The molecule has 1 aliphatic carbocycles. The van der Waals surface area contributed by atoms with E-state index in [1.807, 2.05) is 0 Å². The van der Waals surface area contributed by atoms with E-state index in [4.69, 9.17) is 0 Å². The molecule has 0 aromatic heterocycles. The van der Waals surface area contributed by atoms with Crippen LogP contribution in [0.15, 0.2) is 0 Å². The van der Waals surface area contributed by atoms with E-state index in [0.717, 1.165) is 13.1 Å². The molecular formula is C13H23N3O2. The van der Waals surface area contributed by atoms with Crippen molar-refractivity contribution in [3.05, 3.63) is 0 Å². The van der Waals surface area contributed by atoms with Crippen LogP contribution in [0.2, 0.25) is 0 Å². The third-order valence-corrected chi connectivity index (χ3v) is 4.89. The number of hydrogen-bond donors (Lipinski definition) is 2. The monoisotopic (exact) mass is 253 g/mol. The summed E-state index contributed by atoms with van der Waals surface area (Å²) in [7, 11) is 0. The molecule has 0 radical (unpaired) electrons. The van der Waals surface area contributed by atoms with Gasteiger partial charge in [0.1, 0.15) is 0 Å². The fourth-order valence-corrected chi connectivity index (χ4v) is 2.76. The van der Waals surface area contributed by atoms with E-state index in [-0.39, 0.29) is 16.9 Å². The average Bonchev–Trinajstić information content (AvgIpc) is 2.72. The van der Waals surface area contributed by atoms with Crippen LogP contribution >= 0.6 is 0 Å². The van der Waals surface area contributed by atoms with E-state index in [1.165, 1.54) is 0 Å². The highest BCUT2D eigenvalue weighted by molar-refractivity contribution is 6.35. The molecule has 1 saturated carbocycles. The van der Waals surface area contributed by atoms with Gasteiger partial charge in [-0.15, -0.1) is 0 Å². The highest BCUT2D eigenvalue weighted by atomic mass is 16.2. The number of carbonyl (C=O) groups excluding carboxylic acids is 2. The molecule has 2 rings (SSSR count). The first-order chi connectivity index (χ1) is 8.28. The molecule has 1 saturated heterocycles. The van der Waals surface area contributed by atoms with E-state index < -0.39 is 11.8 Å². The zero-order valence-electron chi connectivity index (χ0n) is 11.7. The number of carbonyl (C=O) groups is 2. The van der Waals surface area contributed by atoms with Crippen molar-refractivity contribution < 1.29 is 9.59 Å². The topological polar surface area (TPSA) is 61.4 Å². The lowest BCUT2D eigenvalue weighted by Gasteiger charge is -2.26. The average molecular weight is 253 g/mol. The molecule has 102 valence electrons. The van der Waals surface area contributed by atoms with Crippen LogP contribution in [0, 0.1) is 10.8 Å². The fraction of sp³-hybridized carbons (Fsp3) is 0.846. The Morgan fingerprint density at radius 1 is 1.11 bits per heavy atom. The summed E-state index contributed by atoms with van der Waals surface area (Å²) in [5, 5.41) is 6.04. The Balaban J connectivity index is 1.91. The Kier molecular flexibility index (Phi) is 3.13. The highest BCUT2D eigenvalue weighted by Crippen LogP contribution is 2.62. The largest absolute Gasteiger partial charge is 0.344 e. The summed E-state index contributed by atoms with van der Waals surface area (Å²) in [5.74, 6) is -0.851. The maximum atomic E-state index is 12.0. The van der Waals surface area contributed by atoms with Crippen LogP contribution in [0.25, 0.3) is 0 Å². The molecule has 2 aliphatic rings. The summed E-state index contributed by atoms with van der Waals surface area (Å²) in [6.45, 7) is 11.2. The summed E-state index contributed by atoms with van der Waals surface area (Å²) < 4.78 is 0. The van der Waals surface area contributed by atoms with Crippen molar-refractivity contribution in [1.82, 2.24) is 15.5 Å². The highest BCUT2D eigenvalue weighted by Gasteiger charge is 2.65. The molecule has 18 heavy (non-hydrogen) atoms. The number of piperazine rings is 1. The molecule has 5 heteroatoms. The second kappa shape index (κ2) is 4.23. The number of hydrogen-bond acceptors (Lipinski definition) is 3. The molecule has 0 aromatic rings. The predicted octanol–water partition coefficient (Wildman–Crippen LogP) is -0.0310. The molecule has 0 aromatic carbocycles. The number of rotatable bonds is 1. The van der Waals surface area contributed by atoms with Crippen LogP contribution in [0.1, 0.15) is 27.7 Å². The Bertz CT molecular complexity index is 356. The maximum absolute atomic E-state index is 12.0. The third kappa shape index (κ3) is 2.00.